The van der Waals surface area contributed by atoms with Gasteiger partial charge >= 0.3 is 0 Å². The second-order valence-corrected chi connectivity index (χ2v) is 4.33. The second-order valence-electron chi connectivity index (χ2n) is 4.33. The summed E-state index contributed by atoms with van der Waals surface area (Å²) in [5.41, 5.74) is 7.68. The zero-order valence-corrected chi connectivity index (χ0v) is 10.4. The summed E-state index contributed by atoms with van der Waals surface area (Å²) in [6.07, 6.45) is 0. The van der Waals surface area contributed by atoms with Crippen molar-refractivity contribution in [3.05, 3.63) is 66.2 Å². The van der Waals surface area contributed by atoms with Crippen LogP contribution < -0.4 is 10.5 Å². The molecule has 1 aromatic heterocycles. The maximum absolute atomic E-state index is 5.86. The summed E-state index contributed by atoms with van der Waals surface area (Å²) in [5, 5.41) is 0.979. The van der Waals surface area contributed by atoms with E-state index in [1.165, 1.54) is 0 Å². The van der Waals surface area contributed by atoms with Gasteiger partial charge < -0.3 is 10.5 Å². The average Bonchev–Trinajstić information content (AvgIpc) is 2.45. The molecule has 0 radical (unpaired) electrons. The van der Waals surface area contributed by atoms with Crippen molar-refractivity contribution in [2.75, 3.05) is 5.73 Å². The summed E-state index contributed by atoms with van der Waals surface area (Å²) in [5.74, 6) is 1.35. The minimum absolute atomic E-state index is 0.521. The summed E-state index contributed by atoms with van der Waals surface area (Å²) in [6, 6.07) is 19.6. The Kier molecular flexibility index (Phi) is 3.02. The molecule has 1 heterocycles. The average molecular weight is 250 g/mol. The normalized spacial score (nSPS) is 10.5. The lowest BCUT2D eigenvalue weighted by Gasteiger charge is -2.09. The van der Waals surface area contributed by atoms with Gasteiger partial charge in [-0.25, -0.2) is 4.98 Å². The number of hydrogen-bond donors (Lipinski definition) is 1. The highest BCUT2D eigenvalue weighted by molar-refractivity contribution is 5.86. The van der Waals surface area contributed by atoms with Gasteiger partial charge in [0.25, 0.3) is 0 Å². The predicted octanol–water partition coefficient (Wildman–Crippen LogP) is 3.40. The first kappa shape index (κ1) is 11.5. The molecule has 3 rings (SSSR count). The molecular weight excluding hydrogens is 236 g/mol. The minimum Gasteiger partial charge on any atom is -0.488 e. The first-order valence-corrected chi connectivity index (χ1v) is 6.15. The molecule has 0 saturated heterocycles. The van der Waals surface area contributed by atoms with Gasteiger partial charge in [0.1, 0.15) is 18.2 Å². The highest BCUT2D eigenvalue weighted by Crippen LogP contribution is 2.25. The van der Waals surface area contributed by atoms with Crippen molar-refractivity contribution < 1.29 is 4.74 Å². The zero-order valence-electron chi connectivity index (χ0n) is 10.4. The molecule has 2 aromatic carbocycles. The molecule has 19 heavy (non-hydrogen) atoms. The van der Waals surface area contributed by atoms with E-state index in [0.29, 0.717) is 12.4 Å². The number of hydrogen-bond acceptors (Lipinski definition) is 3. The van der Waals surface area contributed by atoms with E-state index in [1.54, 1.807) is 6.07 Å². The Hall–Kier alpha value is -2.55. The van der Waals surface area contributed by atoms with E-state index in [0.717, 1.165) is 22.2 Å². The van der Waals surface area contributed by atoms with Gasteiger partial charge in [0.2, 0.25) is 0 Å². The predicted molar refractivity (Wildman–Crippen MR) is 76.9 cm³/mol. The molecule has 0 aliphatic rings. The number of fused-ring (bicyclic) bond motifs is 1. The second kappa shape index (κ2) is 4.98. The van der Waals surface area contributed by atoms with Gasteiger partial charge in [-0.05, 0) is 29.8 Å². The van der Waals surface area contributed by atoms with Crippen LogP contribution in [0.15, 0.2) is 60.7 Å². The number of anilines is 1. The lowest BCUT2D eigenvalue weighted by molar-refractivity contribution is 0.310. The molecule has 0 fully saturated rings. The zero-order chi connectivity index (χ0) is 13.1. The number of ether oxygens (including phenoxy) is 1. The van der Waals surface area contributed by atoms with Crippen LogP contribution in [-0.4, -0.2) is 4.98 Å². The third-order valence-corrected chi connectivity index (χ3v) is 2.95. The summed E-state index contributed by atoms with van der Waals surface area (Å²) in [4.78, 5) is 4.29. The van der Waals surface area contributed by atoms with Crippen molar-refractivity contribution in [3.8, 4) is 5.75 Å². The first-order valence-electron chi connectivity index (χ1n) is 6.15. The van der Waals surface area contributed by atoms with Crippen molar-refractivity contribution in [1.82, 2.24) is 4.98 Å². The summed E-state index contributed by atoms with van der Waals surface area (Å²) >= 11 is 0. The summed E-state index contributed by atoms with van der Waals surface area (Å²) in [7, 11) is 0. The van der Waals surface area contributed by atoms with Gasteiger partial charge in [0.05, 0.1) is 5.52 Å². The van der Waals surface area contributed by atoms with Gasteiger partial charge in [-0.2, -0.15) is 0 Å². The van der Waals surface area contributed by atoms with E-state index in [9.17, 15) is 0 Å². The molecule has 0 aliphatic carbocycles. The van der Waals surface area contributed by atoms with Gasteiger partial charge in [-0.1, -0.05) is 36.4 Å². The summed E-state index contributed by atoms with van der Waals surface area (Å²) in [6.45, 7) is 0.546. The number of pyridine rings is 1. The lowest BCUT2D eigenvalue weighted by atomic mass is 10.2. The van der Waals surface area contributed by atoms with Gasteiger partial charge in [-0.15, -0.1) is 0 Å². The molecule has 0 spiro atoms. The Balaban J connectivity index is 1.89. The van der Waals surface area contributed by atoms with Crippen LogP contribution >= 0.6 is 0 Å². The van der Waals surface area contributed by atoms with E-state index >= 15 is 0 Å². The van der Waals surface area contributed by atoms with Crippen LogP contribution in [0.3, 0.4) is 0 Å². The maximum Gasteiger partial charge on any atom is 0.129 e. The fourth-order valence-electron chi connectivity index (χ4n) is 2.00. The fraction of sp³-hybridized carbons (Fsp3) is 0.0625. The minimum atomic E-state index is 0.521. The summed E-state index contributed by atoms with van der Waals surface area (Å²) < 4.78 is 5.86. The van der Waals surface area contributed by atoms with Crippen LogP contribution in [0.25, 0.3) is 10.9 Å². The maximum atomic E-state index is 5.86. The van der Waals surface area contributed by atoms with Gasteiger partial charge in [0.15, 0.2) is 0 Å². The quantitative estimate of drug-likeness (QED) is 0.775. The van der Waals surface area contributed by atoms with Crippen LogP contribution in [0.4, 0.5) is 5.82 Å². The number of aromatic nitrogens is 1. The van der Waals surface area contributed by atoms with Crippen molar-refractivity contribution in [1.29, 1.82) is 0 Å². The van der Waals surface area contributed by atoms with Crippen molar-refractivity contribution in [2.45, 2.75) is 6.61 Å². The number of nitrogens with zero attached hydrogens (tertiary/aromatic N) is 1. The van der Waals surface area contributed by atoms with E-state index in [4.69, 9.17) is 10.5 Å². The van der Waals surface area contributed by atoms with Crippen LogP contribution in [0, 0.1) is 0 Å². The number of nitrogens with two attached hydrogens (primary N) is 1. The molecule has 3 aromatic rings. The largest absolute Gasteiger partial charge is 0.488 e. The van der Waals surface area contributed by atoms with Crippen molar-refractivity contribution >= 4 is 16.7 Å². The Morgan fingerprint density at radius 3 is 2.58 bits per heavy atom. The van der Waals surface area contributed by atoms with Crippen molar-refractivity contribution in [3.63, 3.8) is 0 Å². The topological polar surface area (TPSA) is 48.1 Å². The third kappa shape index (κ3) is 2.50. The Morgan fingerprint density at radius 2 is 1.74 bits per heavy atom. The molecule has 0 amide bonds. The SMILES string of the molecule is Nc1ccc2c(OCc3ccccc3)cccc2n1. The Morgan fingerprint density at radius 1 is 0.895 bits per heavy atom. The molecule has 3 nitrogen and oxygen atoms in total. The van der Waals surface area contributed by atoms with Crippen LogP contribution in [0.5, 0.6) is 5.75 Å². The molecule has 3 heteroatoms. The number of nitrogen functional groups attached to an aromatic ring is 1. The smallest absolute Gasteiger partial charge is 0.129 e. The third-order valence-electron chi connectivity index (χ3n) is 2.95. The molecule has 2 N–H and O–H groups in total. The van der Waals surface area contributed by atoms with E-state index in [-0.39, 0.29) is 0 Å². The molecule has 0 saturated carbocycles. The van der Waals surface area contributed by atoms with Gasteiger partial charge in [0, 0.05) is 5.39 Å². The van der Waals surface area contributed by atoms with E-state index in [2.05, 4.69) is 4.98 Å². The molecule has 94 valence electrons. The fourth-order valence-corrected chi connectivity index (χ4v) is 2.00. The highest BCUT2D eigenvalue weighted by Gasteiger charge is 2.03. The number of rotatable bonds is 3. The van der Waals surface area contributed by atoms with Gasteiger partial charge in [-0.3, -0.25) is 0 Å². The van der Waals surface area contributed by atoms with Crippen LogP contribution in [0.2, 0.25) is 0 Å². The Bertz CT molecular complexity index is 695. The van der Waals surface area contributed by atoms with Crippen LogP contribution in [-0.2, 0) is 6.61 Å². The highest BCUT2D eigenvalue weighted by atomic mass is 16.5. The van der Waals surface area contributed by atoms with E-state index in [1.807, 2.05) is 54.6 Å². The Labute approximate surface area is 111 Å². The lowest BCUT2D eigenvalue weighted by Crippen LogP contribution is -1.96. The molecule has 0 aliphatic heterocycles. The molecule has 0 unspecified atom stereocenters. The van der Waals surface area contributed by atoms with Crippen LogP contribution in [0.1, 0.15) is 5.56 Å². The standard InChI is InChI=1S/C16H14N2O/c17-16-10-9-13-14(18-16)7-4-8-15(13)19-11-12-5-2-1-3-6-12/h1-10H,11H2,(H2,17,18). The molecular formula is C16H14N2O. The molecule has 0 atom stereocenters. The van der Waals surface area contributed by atoms with E-state index < -0.39 is 0 Å². The monoisotopic (exact) mass is 250 g/mol. The molecule has 0 bridgehead atoms. The number of benzene rings is 2. The van der Waals surface area contributed by atoms with Crippen molar-refractivity contribution in [2.24, 2.45) is 0 Å². The first-order chi connectivity index (χ1) is 9.33.